The lowest BCUT2D eigenvalue weighted by molar-refractivity contribution is -0.120. The lowest BCUT2D eigenvalue weighted by Crippen LogP contribution is -2.30. The monoisotopic (exact) mass is 363 g/mol. The van der Waals surface area contributed by atoms with Crippen LogP contribution in [0.2, 0.25) is 0 Å². The van der Waals surface area contributed by atoms with E-state index in [1.54, 1.807) is 0 Å². The van der Waals surface area contributed by atoms with Crippen molar-refractivity contribution in [3.63, 3.8) is 0 Å². The summed E-state index contributed by atoms with van der Waals surface area (Å²) in [4.78, 5) is 39.3. The number of hydrogen-bond donors (Lipinski definition) is 3. The number of benzene rings is 2. The summed E-state index contributed by atoms with van der Waals surface area (Å²) in [6, 6.07) is 21.5. The first kappa shape index (κ1) is 18.4. The van der Waals surface area contributed by atoms with Gasteiger partial charge in [-0.2, -0.15) is 0 Å². The van der Waals surface area contributed by atoms with Gasteiger partial charge in [0.2, 0.25) is 5.91 Å². The number of rotatable bonds is 7. The molecule has 3 N–H and O–H groups in total. The zero-order valence-corrected chi connectivity index (χ0v) is 14.8. The lowest BCUT2D eigenvalue weighted by atomic mass is 9.88. The van der Waals surface area contributed by atoms with Gasteiger partial charge in [-0.25, -0.2) is 4.79 Å². The van der Waals surface area contributed by atoms with Crippen molar-refractivity contribution in [2.45, 2.75) is 18.8 Å². The summed E-state index contributed by atoms with van der Waals surface area (Å²) in [6.07, 6.45) is 0.701. The van der Waals surface area contributed by atoms with E-state index in [0.29, 0.717) is 12.2 Å². The molecule has 0 radical (unpaired) electrons. The van der Waals surface area contributed by atoms with Crippen molar-refractivity contribution in [1.29, 1.82) is 0 Å². The maximum absolute atomic E-state index is 12.1. The first-order valence-electron chi connectivity index (χ1n) is 8.81. The van der Waals surface area contributed by atoms with Gasteiger partial charge in [0.05, 0.1) is 6.42 Å². The Hall–Kier alpha value is -3.41. The molecular formula is C21H21N3O3. The third kappa shape index (κ3) is 5.28. The van der Waals surface area contributed by atoms with Gasteiger partial charge < -0.3 is 10.3 Å². The number of aromatic amines is 2. The summed E-state index contributed by atoms with van der Waals surface area (Å²) in [5.41, 5.74) is 1.55. The van der Waals surface area contributed by atoms with Crippen LogP contribution in [-0.2, 0) is 11.2 Å². The molecule has 6 heteroatoms. The molecule has 0 saturated carbocycles. The van der Waals surface area contributed by atoms with Crippen molar-refractivity contribution in [2.24, 2.45) is 0 Å². The molecule has 6 nitrogen and oxygen atoms in total. The van der Waals surface area contributed by atoms with E-state index >= 15 is 0 Å². The highest BCUT2D eigenvalue weighted by molar-refractivity contribution is 5.78. The highest BCUT2D eigenvalue weighted by atomic mass is 16.2. The number of amides is 1. The largest absolute Gasteiger partial charge is 0.356 e. The van der Waals surface area contributed by atoms with E-state index < -0.39 is 11.2 Å². The average molecular weight is 363 g/mol. The van der Waals surface area contributed by atoms with Crippen molar-refractivity contribution in [3.05, 3.63) is 104 Å². The fraction of sp³-hybridized carbons (Fsp3) is 0.190. The first-order chi connectivity index (χ1) is 13.1. The Morgan fingerprint density at radius 3 is 2.04 bits per heavy atom. The average Bonchev–Trinajstić information content (AvgIpc) is 2.66. The minimum atomic E-state index is -0.612. The van der Waals surface area contributed by atoms with E-state index in [2.05, 4.69) is 39.6 Å². The molecule has 0 aliphatic carbocycles. The van der Waals surface area contributed by atoms with Gasteiger partial charge in [0.25, 0.3) is 5.56 Å². The smallest absolute Gasteiger partial charge is 0.325 e. The fourth-order valence-corrected chi connectivity index (χ4v) is 3.10. The van der Waals surface area contributed by atoms with Crippen molar-refractivity contribution < 1.29 is 4.79 Å². The quantitative estimate of drug-likeness (QED) is 0.599. The van der Waals surface area contributed by atoms with Crippen LogP contribution in [0, 0.1) is 0 Å². The second kappa shape index (κ2) is 8.80. The van der Waals surface area contributed by atoms with Gasteiger partial charge in [-0.15, -0.1) is 0 Å². The summed E-state index contributed by atoms with van der Waals surface area (Å²) in [6.45, 7) is 0.487. The van der Waals surface area contributed by atoms with Gasteiger partial charge in [0.15, 0.2) is 0 Å². The molecule has 0 atom stereocenters. The summed E-state index contributed by atoms with van der Waals surface area (Å²) in [7, 11) is 0. The SMILES string of the molecule is O=C(Cc1cc(=O)[nH]c(=O)[nH]1)NCCC(c1ccccc1)c1ccccc1. The summed E-state index contributed by atoms with van der Waals surface area (Å²) >= 11 is 0. The molecule has 0 aliphatic heterocycles. The van der Waals surface area contributed by atoms with Crippen LogP contribution in [0.15, 0.2) is 76.3 Å². The van der Waals surface area contributed by atoms with Crippen LogP contribution < -0.4 is 16.6 Å². The number of hydrogen-bond acceptors (Lipinski definition) is 3. The maximum Gasteiger partial charge on any atom is 0.325 e. The number of carbonyl (C=O) groups excluding carboxylic acids is 1. The third-order valence-electron chi connectivity index (χ3n) is 4.33. The highest BCUT2D eigenvalue weighted by Gasteiger charge is 2.14. The van der Waals surface area contributed by atoms with Gasteiger partial charge in [0, 0.05) is 24.2 Å². The molecule has 138 valence electrons. The molecule has 2 aromatic carbocycles. The lowest BCUT2D eigenvalue weighted by Gasteiger charge is -2.18. The molecule has 0 fully saturated rings. The summed E-state index contributed by atoms with van der Waals surface area (Å²) < 4.78 is 0. The second-order valence-electron chi connectivity index (χ2n) is 6.30. The van der Waals surface area contributed by atoms with Gasteiger partial charge in [-0.1, -0.05) is 60.7 Å². The molecule has 0 saturated heterocycles. The molecule has 0 bridgehead atoms. The van der Waals surface area contributed by atoms with E-state index in [4.69, 9.17) is 0 Å². The van der Waals surface area contributed by atoms with Crippen LogP contribution in [0.4, 0.5) is 0 Å². The molecular weight excluding hydrogens is 342 g/mol. The third-order valence-corrected chi connectivity index (χ3v) is 4.33. The topological polar surface area (TPSA) is 94.8 Å². The van der Waals surface area contributed by atoms with E-state index in [9.17, 15) is 14.4 Å². The van der Waals surface area contributed by atoms with E-state index in [0.717, 1.165) is 6.42 Å². The number of H-pyrrole nitrogens is 2. The Bertz CT molecular complexity index is 926. The Morgan fingerprint density at radius 1 is 0.889 bits per heavy atom. The van der Waals surface area contributed by atoms with E-state index in [1.165, 1.54) is 17.2 Å². The van der Waals surface area contributed by atoms with Gasteiger partial charge in [-0.05, 0) is 17.5 Å². The zero-order valence-electron chi connectivity index (χ0n) is 14.8. The summed E-state index contributed by atoms with van der Waals surface area (Å²) in [5, 5.41) is 2.87. The van der Waals surface area contributed by atoms with Crippen molar-refractivity contribution in [1.82, 2.24) is 15.3 Å². The number of carbonyl (C=O) groups is 1. The van der Waals surface area contributed by atoms with Crippen LogP contribution in [0.25, 0.3) is 0 Å². The van der Waals surface area contributed by atoms with E-state index in [1.807, 2.05) is 36.4 Å². The maximum atomic E-state index is 12.1. The standard InChI is InChI=1S/C21H21N3O3/c25-19(13-17-14-20(26)24-21(27)23-17)22-12-11-18(15-7-3-1-4-8-15)16-9-5-2-6-10-16/h1-10,14,18H,11-13H2,(H,22,25)(H2,23,24,26,27). The predicted octanol–water partition coefficient (Wildman–Crippen LogP) is 1.94. The molecule has 1 heterocycles. The number of aromatic nitrogens is 2. The molecule has 0 unspecified atom stereocenters. The molecule has 3 aromatic rings. The van der Waals surface area contributed by atoms with Crippen LogP contribution >= 0.6 is 0 Å². The van der Waals surface area contributed by atoms with Crippen LogP contribution in [-0.4, -0.2) is 22.4 Å². The molecule has 3 rings (SSSR count). The predicted molar refractivity (Wildman–Crippen MR) is 104 cm³/mol. The molecule has 0 spiro atoms. The van der Waals surface area contributed by atoms with Crippen molar-refractivity contribution >= 4 is 5.91 Å². The summed E-state index contributed by atoms with van der Waals surface area (Å²) in [5.74, 6) is -0.0665. The Balaban J connectivity index is 1.63. The van der Waals surface area contributed by atoms with Crippen LogP contribution in [0.1, 0.15) is 29.2 Å². The zero-order chi connectivity index (χ0) is 19.1. The van der Waals surface area contributed by atoms with Crippen molar-refractivity contribution in [3.8, 4) is 0 Å². The fourth-order valence-electron chi connectivity index (χ4n) is 3.10. The Kier molecular flexibility index (Phi) is 5.99. The van der Waals surface area contributed by atoms with Gasteiger partial charge in [-0.3, -0.25) is 14.6 Å². The molecule has 1 amide bonds. The van der Waals surface area contributed by atoms with E-state index in [-0.39, 0.29) is 18.2 Å². The van der Waals surface area contributed by atoms with Crippen LogP contribution in [0.3, 0.4) is 0 Å². The second-order valence-corrected chi connectivity index (χ2v) is 6.30. The molecule has 27 heavy (non-hydrogen) atoms. The van der Waals surface area contributed by atoms with Crippen LogP contribution in [0.5, 0.6) is 0 Å². The minimum Gasteiger partial charge on any atom is -0.356 e. The Morgan fingerprint density at radius 2 is 1.48 bits per heavy atom. The van der Waals surface area contributed by atoms with Crippen molar-refractivity contribution in [2.75, 3.05) is 6.54 Å². The van der Waals surface area contributed by atoms with Gasteiger partial charge >= 0.3 is 5.69 Å². The van der Waals surface area contributed by atoms with Gasteiger partial charge in [0.1, 0.15) is 0 Å². The molecule has 0 aliphatic rings. The number of nitrogens with one attached hydrogen (secondary N) is 3. The highest BCUT2D eigenvalue weighted by Crippen LogP contribution is 2.27. The normalized spacial score (nSPS) is 10.7. The Labute approximate surface area is 156 Å². The first-order valence-corrected chi connectivity index (χ1v) is 8.81. The minimum absolute atomic E-state index is 0.0412. The molecule has 1 aromatic heterocycles.